The maximum atomic E-state index is 12.7. The van der Waals surface area contributed by atoms with Crippen LogP contribution in [0.25, 0.3) is 0 Å². The number of carbonyl (C=O) groups excluding carboxylic acids is 2. The maximum absolute atomic E-state index is 12.7. The fraction of sp³-hybridized carbons (Fsp3) is 0.579. The van der Waals surface area contributed by atoms with Crippen molar-refractivity contribution >= 4 is 11.9 Å². The van der Waals surface area contributed by atoms with Gasteiger partial charge in [-0.15, -0.1) is 0 Å². The van der Waals surface area contributed by atoms with Gasteiger partial charge in [-0.1, -0.05) is 38.3 Å². The monoisotopic (exact) mass is 346 g/mol. The van der Waals surface area contributed by atoms with Crippen LogP contribution in [0.2, 0.25) is 0 Å². The van der Waals surface area contributed by atoms with Crippen molar-refractivity contribution in [3.63, 3.8) is 0 Å². The largest absolute Gasteiger partial charge is 0.491 e. The molecule has 0 radical (unpaired) electrons. The molecule has 1 aromatic rings. The van der Waals surface area contributed by atoms with Gasteiger partial charge in [0, 0.05) is 0 Å². The number of carbonyl (C=O) groups is 2. The Morgan fingerprint density at radius 1 is 1.28 bits per heavy atom. The molecule has 1 aliphatic carbocycles. The average molecular weight is 346 g/mol. The summed E-state index contributed by atoms with van der Waals surface area (Å²) in [7, 11) is 0. The third kappa shape index (κ3) is 3.79. The number of aryl methyl sites for hydroxylation is 1. The van der Waals surface area contributed by atoms with Crippen LogP contribution in [0, 0.1) is 0 Å². The number of rotatable bonds is 6. The van der Waals surface area contributed by atoms with Gasteiger partial charge in [0.15, 0.2) is 0 Å². The van der Waals surface area contributed by atoms with Crippen LogP contribution in [0.3, 0.4) is 0 Å². The molecule has 3 amide bonds. The van der Waals surface area contributed by atoms with E-state index in [0.717, 1.165) is 36.1 Å². The fourth-order valence-electron chi connectivity index (χ4n) is 3.65. The van der Waals surface area contributed by atoms with Crippen LogP contribution in [-0.4, -0.2) is 46.7 Å². The highest BCUT2D eigenvalue weighted by molar-refractivity contribution is 6.07. The van der Waals surface area contributed by atoms with E-state index in [1.54, 1.807) is 0 Å². The van der Waals surface area contributed by atoms with E-state index < -0.39 is 17.7 Å². The summed E-state index contributed by atoms with van der Waals surface area (Å²) < 4.78 is 5.61. The second-order valence-corrected chi connectivity index (χ2v) is 6.95. The molecule has 0 aromatic heterocycles. The number of β-amino-alcohol motifs (C(OH)–C–C–N with tert-alkyl or cyclic N) is 1. The number of nitrogens with zero attached hydrogens (tertiary/aromatic N) is 1. The number of nitrogens with one attached hydrogen (secondary N) is 1. The van der Waals surface area contributed by atoms with Gasteiger partial charge in [0.25, 0.3) is 5.91 Å². The first-order valence-corrected chi connectivity index (χ1v) is 9.08. The van der Waals surface area contributed by atoms with Crippen molar-refractivity contribution in [1.82, 2.24) is 10.2 Å². The predicted octanol–water partition coefficient (Wildman–Crippen LogP) is 2.24. The van der Waals surface area contributed by atoms with Crippen molar-refractivity contribution in [2.75, 3.05) is 13.2 Å². The van der Waals surface area contributed by atoms with E-state index in [9.17, 15) is 14.7 Å². The number of hydrogen-bond acceptors (Lipinski definition) is 4. The highest BCUT2D eigenvalue weighted by atomic mass is 16.5. The number of aliphatic hydroxyl groups is 1. The Morgan fingerprint density at radius 2 is 2.04 bits per heavy atom. The molecule has 6 heteroatoms. The van der Waals surface area contributed by atoms with Crippen LogP contribution in [0.15, 0.2) is 24.3 Å². The molecule has 1 aliphatic heterocycles. The van der Waals surface area contributed by atoms with E-state index in [0.29, 0.717) is 18.6 Å². The van der Waals surface area contributed by atoms with Gasteiger partial charge < -0.3 is 15.2 Å². The van der Waals surface area contributed by atoms with Crippen LogP contribution in [0.1, 0.15) is 44.6 Å². The molecule has 136 valence electrons. The molecule has 1 atom stereocenters. The van der Waals surface area contributed by atoms with Gasteiger partial charge in [-0.25, -0.2) is 4.79 Å². The number of benzene rings is 1. The summed E-state index contributed by atoms with van der Waals surface area (Å²) in [6.07, 6.45) is 4.34. The van der Waals surface area contributed by atoms with Crippen LogP contribution < -0.4 is 10.1 Å². The Morgan fingerprint density at radius 3 is 2.76 bits per heavy atom. The minimum absolute atomic E-state index is 0.0389. The van der Waals surface area contributed by atoms with Gasteiger partial charge in [-0.3, -0.25) is 9.69 Å². The first kappa shape index (κ1) is 17.7. The zero-order valence-corrected chi connectivity index (χ0v) is 14.7. The smallest absolute Gasteiger partial charge is 0.325 e. The second-order valence-electron chi connectivity index (χ2n) is 6.95. The van der Waals surface area contributed by atoms with Crippen molar-refractivity contribution in [3.8, 4) is 5.75 Å². The Bertz CT molecular complexity index is 640. The van der Waals surface area contributed by atoms with Gasteiger partial charge in [0.05, 0.1) is 6.54 Å². The van der Waals surface area contributed by atoms with E-state index in [2.05, 4.69) is 12.2 Å². The van der Waals surface area contributed by atoms with E-state index in [1.165, 1.54) is 0 Å². The number of ether oxygens (including phenoxy) is 1. The van der Waals surface area contributed by atoms with E-state index in [4.69, 9.17) is 4.74 Å². The molecule has 6 nitrogen and oxygen atoms in total. The number of urea groups is 1. The standard InChI is InChI=1S/C19H26N2O4/c1-2-14-7-6-8-16(11-14)25-13-15(22)12-21-17(23)19(20-18(21)24)9-4-3-5-10-19/h6-8,11,15,22H,2-5,9-10,12-13H2,1H3,(H,20,24). The summed E-state index contributed by atoms with van der Waals surface area (Å²) in [5.74, 6) is 0.476. The summed E-state index contributed by atoms with van der Waals surface area (Å²) >= 11 is 0. The zero-order chi connectivity index (χ0) is 17.9. The normalized spacial score (nSPS) is 20.6. The molecule has 1 aromatic carbocycles. The molecule has 2 fully saturated rings. The summed E-state index contributed by atoms with van der Waals surface area (Å²) in [6.45, 7) is 2.06. The zero-order valence-electron chi connectivity index (χ0n) is 14.7. The van der Waals surface area contributed by atoms with Gasteiger partial charge in [0.2, 0.25) is 0 Å². The lowest BCUT2D eigenvalue weighted by Gasteiger charge is -2.30. The minimum Gasteiger partial charge on any atom is -0.491 e. The molecule has 1 unspecified atom stereocenters. The van der Waals surface area contributed by atoms with E-state index >= 15 is 0 Å². The van der Waals surface area contributed by atoms with E-state index in [1.807, 2.05) is 24.3 Å². The second kappa shape index (κ2) is 7.44. The quantitative estimate of drug-likeness (QED) is 0.775. The number of amides is 3. The maximum Gasteiger partial charge on any atom is 0.325 e. The molecule has 2 N–H and O–H groups in total. The average Bonchev–Trinajstić information content (AvgIpc) is 2.85. The van der Waals surface area contributed by atoms with Crippen molar-refractivity contribution in [2.45, 2.75) is 57.1 Å². The first-order valence-electron chi connectivity index (χ1n) is 9.08. The molecule has 0 bridgehead atoms. The van der Waals surface area contributed by atoms with Crippen LogP contribution in [0.4, 0.5) is 4.79 Å². The summed E-state index contributed by atoms with van der Waals surface area (Å²) in [4.78, 5) is 26.0. The lowest BCUT2D eigenvalue weighted by Crippen LogP contribution is -2.48. The number of hydrogen-bond donors (Lipinski definition) is 2. The first-order chi connectivity index (χ1) is 12.0. The van der Waals surface area contributed by atoms with Crippen LogP contribution in [0.5, 0.6) is 5.75 Å². The lowest BCUT2D eigenvalue weighted by molar-refractivity contribution is -0.133. The van der Waals surface area contributed by atoms with Crippen molar-refractivity contribution in [1.29, 1.82) is 0 Å². The molecular formula is C19H26N2O4. The third-order valence-corrected chi connectivity index (χ3v) is 5.10. The van der Waals surface area contributed by atoms with Gasteiger partial charge in [-0.2, -0.15) is 0 Å². The van der Waals surface area contributed by atoms with E-state index in [-0.39, 0.29) is 19.1 Å². The van der Waals surface area contributed by atoms with Gasteiger partial charge in [-0.05, 0) is 37.0 Å². The lowest BCUT2D eigenvalue weighted by atomic mass is 9.82. The summed E-state index contributed by atoms with van der Waals surface area (Å²) in [6, 6.07) is 7.28. The molecular weight excluding hydrogens is 320 g/mol. The number of imide groups is 1. The minimum atomic E-state index is -0.918. The Labute approximate surface area is 148 Å². The molecule has 1 saturated carbocycles. The highest BCUT2D eigenvalue weighted by Crippen LogP contribution is 2.33. The molecule has 3 rings (SSSR count). The van der Waals surface area contributed by atoms with Gasteiger partial charge in [0.1, 0.15) is 24.0 Å². The topological polar surface area (TPSA) is 78.9 Å². The molecule has 1 spiro atoms. The van der Waals surface area contributed by atoms with Crippen LogP contribution >= 0.6 is 0 Å². The van der Waals surface area contributed by atoms with Gasteiger partial charge >= 0.3 is 6.03 Å². The molecule has 2 aliphatic rings. The van der Waals surface area contributed by atoms with Crippen LogP contribution in [-0.2, 0) is 11.2 Å². The van der Waals surface area contributed by atoms with Crippen molar-refractivity contribution < 1.29 is 19.4 Å². The highest BCUT2D eigenvalue weighted by Gasteiger charge is 2.51. The van der Waals surface area contributed by atoms with Crippen molar-refractivity contribution in [2.24, 2.45) is 0 Å². The molecule has 1 heterocycles. The SMILES string of the molecule is CCc1cccc(OCC(O)CN2C(=O)NC3(CCCCC3)C2=O)c1. The molecule has 1 saturated heterocycles. The Balaban J connectivity index is 1.56. The van der Waals surface area contributed by atoms with Crippen molar-refractivity contribution in [3.05, 3.63) is 29.8 Å². The predicted molar refractivity (Wildman–Crippen MR) is 93.4 cm³/mol. The number of aliphatic hydroxyl groups excluding tert-OH is 1. The summed E-state index contributed by atoms with van der Waals surface area (Å²) in [5, 5.41) is 13.1. The Hall–Kier alpha value is -2.08. The Kier molecular flexibility index (Phi) is 5.27. The third-order valence-electron chi connectivity index (χ3n) is 5.10. The summed E-state index contributed by atoms with van der Waals surface area (Å²) in [5.41, 5.74) is 0.408. The fourth-order valence-corrected chi connectivity index (χ4v) is 3.65. The molecule has 25 heavy (non-hydrogen) atoms.